The predicted octanol–water partition coefficient (Wildman–Crippen LogP) is 6.86. The third-order valence-electron chi connectivity index (χ3n) is 11.6. The van der Waals surface area contributed by atoms with Crippen LogP contribution >= 0.6 is 0 Å². The van der Waals surface area contributed by atoms with Crippen molar-refractivity contribution in [2.24, 2.45) is 7.05 Å². The van der Waals surface area contributed by atoms with E-state index in [2.05, 4.69) is 28.0 Å². The monoisotopic (exact) mass is 737 g/mol. The average Bonchev–Trinajstić information content (AvgIpc) is 3.86. The molecule has 284 valence electrons. The zero-order valence-corrected chi connectivity index (χ0v) is 31.7. The number of alkyl halides is 1. The summed E-state index contributed by atoms with van der Waals surface area (Å²) >= 11 is 0. The highest BCUT2D eigenvalue weighted by Crippen LogP contribution is 2.44. The fraction of sp³-hybridized carbons (Fsp3) is 0.512. The van der Waals surface area contributed by atoms with Gasteiger partial charge in [-0.2, -0.15) is 15.1 Å². The number of nitrogens with zero attached hydrogens (tertiary/aromatic N) is 7. The van der Waals surface area contributed by atoms with Gasteiger partial charge < -0.3 is 23.8 Å². The minimum Gasteiger partial charge on any atom is -0.468 e. The summed E-state index contributed by atoms with van der Waals surface area (Å²) in [5, 5.41) is 8.89. The molecule has 0 radical (unpaired) electrons. The van der Waals surface area contributed by atoms with Gasteiger partial charge in [-0.15, -0.1) is 0 Å². The van der Waals surface area contributed by atoms with Gasteiger partial charge >= 0.3 is 12.1 Å². The van der Waals surface area contributed by atoms with Gasteiger partial charge in [-0.1, -0.05) is 24.3 Å². The smallest absolute Gasteiger partial charge is 0.410 e. The Kier molecular flexibility index (Phi) is 8.57. The standard InChI is InChI=1S/C41H48FN7O5/c1-40(2,3)54-39(50)49-27-11-12-28(49)21-47(20-27)37-35-33-22-46(4)45-36(33)32(31-16-29(53-24-51-5)15-25-9-6-7-10-30(25)31)17-34(35)43-38(44-37)52-23-41-13-8-14-48(41)19-26(42)18-41/h6-7,9-10,15-17,22,26-28H,8,11-14,18-21,23-24H2,1-5H3/t26-,27-,28+,41+/m1/s1. The quantitative estimate of drug-likeness (QED) is 0.157. The van der Waals surface area contributed by atoms with Crippen LogP contribution in [0.15, 0.2) is 48.7 Å². The number of ether oxygens (including phenoxy) is 4. The van der Waals surface area contributed by atoms with Gasteiger partial charge in [0.1, 0.15) is 35.5 Å². The number of aromatic nitrogens is 4. The molecule has 6 heterocycles. The van der Waals surface area contributed by atoms with Crippen LogP contribution in [0.4, 0.5) is 15.0 Å². The number of anilines is 1. The molecule has 0 unspecified atom stereocenters. The van der Waals surface area contributed by atoms with Crippen molar-refractivity contribution >= 4 is 44.5 Å². The fourth-order valence-corrected chi connectivity index (χ4v) is 9.43. The Balaban J connectivity index is 1.19. The number of amides is 1. The van der Waals surface area contributed by atoms with Gasteiger partial charge in [0.25, 0.3) is 0 Å². The molecule has 54 heavy (non-hydrogen) atoms. The van der Waals surface area contributed by atoms with Crippen molar-refractivity contribution in [2.75, 3.05) is 51.6 Å². The summed E-state index contributed by atoms with van der Waals surface area (Å²) < 4.78 is 40.2. The summed E-state index contributed by atoms with van der Waals surface area (Å²) in [7, 11) is 3.53. The molecule has 0 spiro atoms. The predicted molar refractivity (Wildman–Crippen MR) is 205 cm³/mol. The number of carbonyl (C=O) groups is 1. The van der Waals surface area contributed by atoms with Gasteiger partial charge in [0.2, 0.25) is 0 Å². The van der Waals surface area contributed by atoms with Crippen LogP contribution in [0.3, 0.4) is 0 Å². The van der Waals surface area contributed by atoms with Crippen LogP contribution in [-0.4, -0.2) is 112 Å². The Morgan fingerprint density at radius 1 is 1.00 bits per heavy atom. The van der Waals surface area contributed by atoms with E-state index in [0.29, 0.717) is 38.4 Å². The normalized spacial score (nSPS) is 24.2. The molecule has 12 nitrogen and oxygen atoms in total. The maximum Gasteiger partial charge on any atom is 0.410 e. The lowest BCUT2D eigenvalue weighted by atomic mass is 9.94. The SMILES string of the molecule is COCOc1cc(-c2cc3nc(OC[C@@]45CCCN4C[C@H](F)C5)nc(N4C[C@H]5CC[C@@H](C4)N5C(=O)OC(C)(C)C)c3c3cn(C)nc23)c2ccccc2c1. The number of carbonyl (C=O) groups excluding carboxylic acids is 1. The molecule has 0 saturated carbocycles. The summed E-state index contributed by atoms with van der Waals surface area (Å²) in [6.45, 7) is 8.66. The third kappa shape index (κ3) is 6.14. The Labute approximate surface area is 314 Å². The number of benzene rings is 3. The maximum absolute atomic E-state index is 14.8. The summed E-state index contributed by atoms with van der Waals surface area (Å²) in [4.78, 5) is 30.2. The lowest BCUT2D eigenvalue weighted by Crippen LogP contribution is -2.57. The zero-order chi connectivity index (χ0) is 37.4. The van der Waals surface area contributed by atoms with E-state index in [-0.39, 0.29) is 36.5 Å². The highest BCUT2D eigenvalue weighted by atomic mass is 19.1. The van der Waals surface area contributed by atoms with Gasteiger partial charge in [0.15, 0.2) is 6.79 Å². The van der Waals surface area contributed by atoms with E-state index in [9.17, 15) is 9.18 Å². The Hall–Kier alpha value is -4.75. The van der Waals surface area contributed by atoms with E-state index >= 15 is 0 Å². The molecule has 4 aliphatic rings. The molecular weight excluding hydrogens is 689 g/mol. The molecule has 5 aromatic rings. The summed E-state index contributed by atoms with van der Waals surface area (Å²) in [5.41, 5.74) is 2.46. The number of piperazine rings is 1. The number of hydrogen-bond donors (Lipinski definition) is 0. The molecule has 4 fully saturated rings. The van der Waals surface area contributed by atoms with Crippen molar-refractivity contribution in [2.45, 2.75) is 82.3 Å². The Morgan fingerprint density at radius 2 is 1.80 bits per heavy atom. The molecule has 13 heteroatoms. The first kappa shape index (κ1) is 35.0. The summed E-state index contributed by atoms with van der Waals surface area (Å²) in [6.07, 6.45) is 5.04. The Morgan fingerprint density at radius 3 is 2.57 bits per heavy atom. The van der Waals surface area contributed by atoms with Crippen molar-refractivity contribution in [1.29, 1.82) is 0 Å². The van der Waals surface area contributed by atoms with E-state index in [1.165, 1.54) is 0 Å². The summed E-state index contributed by atoms with van der Waals surface area (Å²) in [6, 6.07) is 14.6. The highest BCUT2D eigenvalue weighted by molar-refractivity contribution is 6.17. The number of fused-ring (bicyclic) bond motifs is 7. The van der Waals surface area contributed by atoms with E-state index < -0.39 is 11.8 Å². The van der Waals surface area contributed by atoms with Crippen LogP contribution in [0.2, 0.25) is 0 Å². The van der Waals surface area contributed by atoms with Crippen molar-refractivity contribution in [1.82, 2.24) is 29.5 Å². The zero-order valence-electron chi connectivity index (χ0n) is 31.7. The molecular formula is C41H48FN7O5. The molecule has 4 saturated heterocycles. The fourth-order valence-electron chi connectivity index (χ4n) is 9.43. The van der Waals surface area contributed by atoms with Crippen LogP contribution in [-0.2, 0) is 16.5 Å². The van der Waals surface area contributed by atoms with Crippen molar-refractivity contribution < 1.29 is 28.1 Å². The lowest BCUT2D eigenvalue weighted by molar-refractivity contribution is 0.0122. The van der Waals surface area contributed by atoms with Crippen LogP contribution in [0.1, 0.15) is 52.9 Å². The van der Waals surface area contributed by atoms with Crippen LogP contribution < -0.4 is 14.4 Å². The molecule has 0 N–H and O–H groups in total. The molecule has 1 amide bonds. The topological polar surface area (TPSA) is 107 Å². The second-order valence-electron chi connectivity index (χ2n) is 16.5. The van der Waals surface area contributed by atoms with E-state index in [1.807, 2.05) is 67.9 Å². The highest BCUT2D eigenvalue weighted by Gasteiger charge is 2.50. The number of methoxy groups -OCH3 is 1. The van der Waals surface area contributed by atoms with E-state index in [4.69, 9.17) is 34.0 Å². The minimum absolute atomic E-state index is 0.0243. The first-order chi connectivity index (χ1) is 26.0. The molecule has 0 aliphatic carbocycles. The second kappa shape index (κ2) is 13.2. The molecule has 4 aliphatic heterocycles. The van der Waals surface area contributed by atoms with Crippen LogP contribution in [0.5, 0.6) is 11.8 Å². The largest absolute Gasteiger partial charge is 0.468 e. The minimum atomic E-state index is -0.862. The molecule has 3 aromatic carbocycles. The second-order valence-corrected chi connectivity index (χ2v) is 16.5. The Bertz CT molecular complexity index is 2240. The third-order valence-corrected chi connectivity index (χ3v) is 11.6. The molecule has 2 bridgehead atoms. The van der Waals surface area contributed by atoms with Crippen LogP contribution in [0, 0.1) is 0 Å². The van der Waals surface area contributed by atoms with Gasteiger partial charge in [-0.25, -0.2) is 9.18 Å². The first-order valence-corrected chi connectivity index (χ1v) is 19.1. The van der Waals surface area contributed by atoms with Crippen molar-refractivity contribution in [3.63, 3.8) is 0 Å². The summed E-state index contributed by atoms with van der Waals surface area (Å²) in [5.74, 6) is 1.43. The van der Waals surface area contributed by atoms with Gasteiger partial charge in [0, 0.05) is 57.4 Å². The van der Waals surface area contributed by atoms with Crippen molar-refractivity contribution in [3.8, 4) is 22.9 Å². The van der Waals surface area contributed by atoms with E-state index in [0.717, 1.165) is 81.8 Å². The first-order valence-electron chi connectivity index (χ1n) is 19.1. The number of rotatable bonds is 8. The lowest BCUT2D eigenvalue weighted by Gasteiger charge is -2.42. The van der Waals surface area contributed by atoms with Gasteiger partial charge in [-0.05, 0) is 87.5 Å². The maximum atomic E-state index is 14.8. The van der Waals surface area contributed by atoms with Crippen molar-refractivity contribution in [3.05, 3.63) is 48.7 Å². The van der Waals surface area contributed by atoms with Gasteiger partial charge in [-0.3, -0.25) is 14.5 Å². The number of aryl methyl sites for hydroxylation is 1. The number of hydrogen-bond acceptors (Lipinski definition) is 10. The molecule has 9 rings (SSSR count). The average molecular weight is 738 g/mol. The van der Waals surface area contributed by atoms with Gasteiger partial charge in [0.05, 0.1) is 28.5 Å². The number of halogens is 1. The molecule has 2 aromatic heterocycles. The molecule has 4 atom stereocenters. The van der Waals surface area contributed by atoms with E-state index in [1.54, 1.807) is 7.11 Å². The van der Waals surface area contributed by atoms with Crippen LogP contribution in [0.25, 0.3) is 43.7 Å².